The van der Waals surface area contributed by atoms with E-state index in [1.165, 1.54) is 100 Å². The molecule has 0 fully saturated rings. The summed E-state index contributed by atoms with van der Waals surface area (Å²) in [7, 11) is 0. The van der Waals surface area contributed by atoms with Crippen molar-refractivity contribution < 1.29 is 0 Å². The average molecular weight is 955 g/mol. The molecule has 0 unspecified atom stereocenters. The maximum Gasteiger partial charge on any atom is 0.0713 e. The summed E-state index contributed by atoms with van der Waals surface area (Å²) in [5.41, 5.74) is 29.7. The summed E-state index contributed by atoms with van der Waals surface area (Å²) in [5.74, 6) is 0. The lowest BCUT2D eigenvalue weighted by Crippen LogP contribution is -2.28. The van der Waals surface area contributed by atoms with Crippen molar-refractivity contribution in [2.75, 3.05) is 5.73 Å². The first-order valence-corrected chi connectivity index (χ1v) is 24.7. The Hall–Kier alpha value is -7.52. The highest BCUT2D eigenvalue weighted by Crippen LogP contribution is 2.57. The van der Waals surface area contributed by atoms with Crippen LogP contribution in [0.25, 0.3) is 22.3 Å². The van der Waals surface area contributed by atoms with Crippen molar-refractivity contribution in [3.8, 4) is 22.3 Å². The Morgan fingerprint density at radius 3 is 0.986 bits per heavy atom. The maximum absolute atomic E-state index is 5.56. The molecule has 2 heteroatoms. The minimum absolute atomic E-state index is 0.283. The van der Waals surface area contributed by atoms with Gasteiger partial charge < -0.3 is 5.73 Å². The van der Waals surface area contributed by atoms with Gasteiger partial charge in [0, 0.05) is 10.2 Å². The van der Waals surface area contributed by atoms with Gasteiger partial charge in [-0.25, -0.2) is 0 Å². The molecule has 10 aromatic rings. The Morgan fingerprint density at radius 2 is 0.623 bits per heavy atom. The fourth-order valence-electron chi connectivity index (χ4n) is 11.4. The normalized spacial score (nSPS) is 13.1. The van der Waals surface area contributed by atoms with Gasteiger partial charge in [-0.2, -0.15) is 0 Å². The number of aryl methyl sites for hydroxylation is 4. The Kier molecular flexibility index (Phi) is 12.6. The zero-order valence-corrected chi connectivity index (χ0v) is 41.3. The second-order valence-corrected chi connectivity index (χ2v) is 19.6. The van der Waals surface area contributed by atoms with E-state index in [2.05, 4.69) is 260 Å². The van der Waals surface area contributed by atoms with Gasteiger partial charge in [0.15, 0.2) is 0 Å². The van der Waals surface area contributed by atoms with Crippen LogP contribution < -0.4 is 5.73 Å². The molecule has 1 nitrogen and oxygen atoms in total. The molecule has 0 radical (unpaired) electrons. The van der Waals surface area contributed by atoms with Crippen molar-refractivity contribution in [1.29, 1.82) is 0 Å². The molecular formula is C67H56BrN. The summed E-state index contributed by atoms with van der Waals surface area (Å²) in [5, 5.41) is 0. The van der Waals surface area contributed by atoms with Gasteiger partial charge in [-0.3, -0.25) is 0 Å². The van der Waals surface area contributed by atoms with E-state index in [1.54, 1.807) is 0 Å². The van der Waals surface area contributed by atoms with E-state index in [1.807, 2.05) is 26.0 Å². The number of nitrogen functional groups attached to an aromatic ring is 1. The predicted octanol–water partition coefficient (Wildman–Crippen LogP) is 17.0. The van der Waals surface area contributed by atoms with E-state index in [4.69, 9.17) is 5.73 Å². The van der Waals surface area contributed by atoms with Crippen LogP contribution in [0.15, 0.2) is 247 Å². The highest BCUT2D eigenvalue weighted by Gasteiger charge is 2.47. The molecule has 0 bridgehead atoms. The summed E-state index contributed by atoms with van der Waals surface area (Å²) in [6.07, 6.45) is 0.953. The van der Waals surface area contributed by atoms with Crippen LogP contribution in [-0.4, -0.2) is 0 Å². The Balaban J connectivity index is 0.000000139. The largest absolute Gasteiger partial charge is 0.399 e. The zero-order chi connectivity index (χ0) is 47.5. The summed E-state index contributed by atoms with van der Waals surface area (Å²) < 4.78 is 1.10. The summed E-state index contributed by atoms with van der Waals surface area (Å²) >= 11 is 3.59. The second-order valence-electron chi connectivity index (χ2n) is 18.7. The topological polar surface area (TPSA) is 26.0 Å². The number of hydrogen-bond donors (Lipinski definition) is 1. The van der Waals surface area contributed by atoms with Gasteiger partial charge in [0.1, 0.15) is 0 Å². The van der Waals surface area contributed by atoms with Crippen molar-refractivity contribution in [2.45, 2.75) is 44.9 Å². The first-order chi connectivity index (χ1) is 33.7. The highest BCUT2D eigenvalue weighted by atomic mass is 79.9. The monoisotopic (exact) mass is 953 g/mol. The van der Waals surface area contributed by atoms with Gasteiger partial charge in [0.2, 0.25) is 0 Å². The molecular weight excluding hydrogens is 899 g/mol. The lowest BCUT2D eigenvalue weighted by Gasteiger charge is -2.34. The molecule has 10 aromatic carbocycles. The van der Waals surface area contributed by atoms with Crippen LogP contribution in [0.3, 0.4) is 0 Å². The summed E-state index contributed by atoms with van der Waals surface area (Å²) in [6.45, 7) is 8.45. The number of halogens is 1. The van der Waals surface area contributed by atoms with E-state index in [0.29, 0.717) is 0 Å². The van der Waals surface area contributed by atoms with Crippen LogP contribution in [0, 0.1) is 27.7 Å². The number of nitrogens with two attached hydrogens (primary N) is 1. The molecule has 0 saturated heterocycles. The molecule has 2 N–H and O–H groups in total. The number of benzene rings is 10. The minimum atomic E-state index is -0.313. The first-order valence-electron chi connectivity index (χ1n) is 23.9. The molecule has 69 heavy (non-hydrogen) atoms. The van der Waals surface area contributed by atoms with Crippen LogP contribution in [0.5, 0.6) is 0 Å². The van der Waals surface area contributed by atoms with Crippen LogP contribution in [0.4, 0.5) is 5.69 Å². The Morgan fingerprint density at radius 1 is 0.319 bits per heavy atom. The Bertz CT molecular complexity index is 3240. The Labute approximate surface area is 417 Å². The quantitative estimate of drug-likeness (QED) is 0.165. The van der Waals surface area contributed by atoms with Gasteiger partial charge in [-0.05, 0) is 147 Å². The standard InChI is InChI=1S/C34H28.C25H17Br.C8H11N/c1-24-20-25(2)22-27(21-24)23-26-16-18-29(19-17-26)34(28-10-4-3-5-11-28)32-14-8-6-12-30(32)31-13-7-9-15-33(31)34;26-20-16-14-19(15-17-20)25(18-8-2-1-3-9-18)23-12-6-4-10-21(23)22-11-5-7-13-24(22)25;1-6-3-7(2)5-8(9)4-6/h3-22H,23H2,1-2H3;1-17H;3-5H,9H2,1-2H3. The van der Waals surface area contributed by atoms with Crippen molar-refractivity contribution >= 4 is 21.6 Å². The fraction of sp³-hybridized carbons (Fsp3) is 0.104. The third-order valence-electron chi connectivity index (χ3n) is 13.9. The van der Waals surface area contributed by atoms with E-state index in [9.17, 15) is 0 Å². The van der Waals surface area contributed by atoms with Crippen molar-refractivity contribution in [3.05, 3.63) is 325 Å². The minimum Gasteiger partial charge on any atom is -0.399 e. The average Bonchev–Trinajstić information content (AvgIpc) is 3.84. The molecule has 12 rings (SSSR count). The fourth-order valence-corrected chi connectivity index (χ4v) is 11.7. The van der Waals surface area contributed by atoms with Crippen molar-refractivity contribution in [3.63, 3.8) is 0 Å². The first kappa shape index (κ1) is 45.3. The van der Waals surface area contributed by atoms with Crippen LogP contribution >= 0.6 is 15.9 Å². The van der Waals surface area contributed by atoms with E-state index < -0.39 is 0 Å². The highest BCUT2D eigenvalue weighted by molar-refractivity contribution is 9.10. The lowest BCUT2D eigenvalue weighted by atomic mass is 9.67. The van der Waals surface area contributed by atoms with Crippen molar-refractivity contribution in [1.82, 2.24) is 0 Å². The molecule has 0 saturated carbocycles. The van der Waals surface area contributed by atoms with Crippen LogP contribution in [-0.2, 0) is 17.3 Å². The van der Waals surface area contributed by atoms with E-state index >= 15 is 0 Å². The lowest BCUT2D eigenvalue weighted by molar-refractivity contribution is 0.767. The van der Waals surface area contributed by atoms with Gasteiger partial charge in [-0.1, -0.05) is 245 Å². The molecule has 0 heterocycles. The molecule has 0 atom stereocenters. The molecule has 2 aliphatic carbocycles. The summed E-state index contributed by atoms with van der Waals surface area (Å²) in [6, 6.07) is 88.3. The predicted molar refractivity (Wildman–Crippen MR) is 294 cm³/mol. The third kappa shape index (κ3) is 8.45. The van der Waals surface area contributed by atoms with E-state index in [-0.39, 0.29) is 10.8 Å². The van der Waals surface area contributed by atoms with Gasteiger partial charge in [0.25, 0.3) is 0 Å². The van der Waals surface area contributed by atoms with Gasteiger partial charge in [0.05, 0.1) is 10.8 Å². The number of anilines is 1. The molecule has 0 spiro atoms. The number of hydrogen-bond acceptors (Lipinski definition) is 1. The maximum atomic E-state index is 5.56. The number of rotatable bonds is 6. The van der Waals surface area contributed by atoms with Gasteiger partial charge in [-0.15, -0.1) is 0 Å². The third-order valence-corrected chi connectivity index (χ3v) is 14.4. The molecule has 0 aliphatic heterocycles. The zero-order valence-electron chi connectivity index (χ0n) is 39.8. The molecule has 336 valence electrons. The molecule has 0 amide bonds. The van der Waals surface area contributed by atoms with Crippen LogP contribution in [0.1, 0.15) is 77.9 Å². The van der Waals surface area contributed by atoms with Crippen molar-refractivity contribution in [2.24, 2.45) is 0 Å². The smallest absolute Gasteiger partial charge is 0.0713 e. The molecule has 0 aromatic heterocycles. The van der Waals surface area contributed by atoms with Crippen LogP contribution in [0.2, 0.25) is 0 Å². The molecule has 2 aliphatic rings. The second kappa shape index (κ2) is 19.2. The summed E-state index contributed by atoms with van der Waals surface area (Å²) in [4.78, 5) is 0. The van der Waals surface area contributed by atoms with Gasteiger partial charge >= 0.3 is 0 Å². The SMILES string of the molecule is Brc1ccc(C2(c3ccccc3)c3ccccc3-c3ccccc32)cc1.Cc1cc(C)cc(Cc2ccc(C3(c4ccccc4)c4ccccc4-c4ccccc43)cc2)c1.Cc1cc(C)cc(N)c1. The van der Waals surface area contributed by atoms with E-state index in [0.717, 1.165) is 16.6 Å². The number of fused-ring (bicyclic) bond motifs is 6.